The van der Waals surface area contributed by atoms with Crippen LogP contribution in [-0.2, 0) is 23.7 Å². The van der Waals surface area contributed by atoms with Gasteiger partial charge in [-0.15, -0.1) is 22.9 Å². The number of rotatable bonds is 22. The summed E-state index contributed by atoms with van der Waals surface area (Å²) in [5.41, 5.74) is -0.0551. The summed E-state index contributed by atoms with van der Waals surface area (Å²) in [5.74, 6) is 1.24. The zero-order valence-corrected chi connectivity index (χ0v) is 25.9. The Morgan fingerprint density at radius 2 is 1.76 bits per heavy atom. The first-order chi connectivity index (χ1) is 20.5. The van der Waals surface area contributed by atoms with E-state index in [9.17, 15) is 14.9 Å². The minimum atomic E-state index is -0.493. The summed E-state index contributed by atoms with van der Waals surface area (Å²) in [6.07, 6.45) is 5.25. The zero-order chi connectivity index (χ0) is 30.4. The first-order valence-electron chi connectivity index (χ1n) is 13.9. The van der Waals surface area contributed by atoms with E-state index in [1.807, 2.05) is 30.1 Å². The molecule has 0 aliphatic rings. The summed E-state index contributed by atoms with van der Waals surface area (Å²) in [7, 11) is 3.44. The van der Waals surface area contributed by atoms with Crippen LogP contribution in [0.2, 0.25) is 0 Å². The number of hydrogen-bond donors (Lipinski definition) is 2. The number of amides is 2. The molecule has 0 radical (unpaired) electrons. The number of carbonyl (C=O) groups is 2. The van der Waals surface area contributed by atoms with Crippen LogP contribution < -0.4 is 15.5 Å². The lowest BCUT2D eigenvalue weighted by atomic mass is 10.2. The predicted molar refractivity (Wildman–Crippen MR) is 164 cm³/mol. The average Bonchev–Trinajstić information content (AvgIpc) is 3.67. The number of ether oxygens (including phenoxy) is 4. The van der Waals surface area contributed by atoms with Crippen molar-refractivity contribution in [2.24, 2.45) is 0 Å². The second-order valence-electron chi connectivity index (χ2n) is 9.07. The number of nitrogens with zero attached hydrogens (tertiary/aromatic N) is 2. The standard InChI is InChI=1S/C29H41ClN4O7S/c1-34(14-18-40-29(36)33-13-17-39-20-19-38-15-6-4-3-5-11-30)27-10-9-26(42-27)25-8-7-24(41-25)21-23(22-31)28(35)32-12-16-37-2/h7-10,21H,3-6,11-20H2,1-2H3,(H,32,35)(H,33,36)/b23-21+. The molecule has 0 atom stereocenters. The molecular formula is C29H41ClN4O7S. The number of carbonyl (C=O) groups excluding carboxylic acids is 2. The summed E-state index contributed by atoms with van der Waals surface area (Å²) < 4.78 is 27.0. The van der Waals surface area contributed by atoms with Gasteiger partial charge in [0.1, 0.15) is 29.8 Å². The molecule has 0 saturated carbocycles. The average molecular weight is 625 g/mol. The summed E-state index contributed by atoms with van der Waals surface area (Å²) in [4.78, 5) is 26.9. The minimum Gasteiger partial charge on any atom is -0.456 e. The number of furan rings is 1. The Balaban J connectivity index is 1.63. The van der Waals surface area contributed by atoms with E-state index in [0.717, 1.165) is 42.2 Å². The molecular weight excluding hydrogens is 584 g/mol. The molecule has 2 heterocycles. The predicted octanol–water partition coefficient (Wildman–Crippen LogP) is 4.67. The number of unbranched alkanes of at least 4 members (excludes halogenated alkanes) is 3. The van der Waals surface area contributed by atoms with Crippen molar-refractivity contribution in [1.82, 2.24) is 10.6 Å². The van der Waals surface area contributed by atoms with Crippen LogP contribution in [0.25, 0.3) is 16.7 Å². The van der Waals surface area contributed by atoms with Crippen molar-refractivity contribution in [3.05, 3.63) is 35.6 Å². The van der Waals surface area contributed by atoms with Gasteiger partial charge in [-0.3, -0.25) is 4.79 Å². The molecule has 0 bridgehead atoms. The molecule has 0 unspecified atom stereocenters. The van der Waals surface area contributed by atoms with Crippen LogP contribution in [0.1, 0.15) is 31.4 Å². The third-order valence-corrected chi connectivity index (χ3v) is 7.28. The number of hydrogen-bond acceptors (Lipinski definition) is 10. The first kappa shape index (κ1) is 35.1. The maximum absolute atomic E-state index is 12.1. The number of alkyl halides is 1. The fraction of sp³-hybridized carbons (Fsp3) is 0.552. The lowest BCUT2D eigenvalue weighted by Gasteiger charge is -2.16. The molecule has 0 aliphatic carbocycles. The van der Waals surface area contributed by atoms with Gasteiger partial charge >= 0.3 is 6.09 Å². The van der Waals surface area contributed by atoms with Gasteiger partial charge < -0.3 is 38.9 Å². The Kier molecular flexibility index (Phi) is 18.1. The van der Waals surface area contributed by atoms with Crippen molar-refractivity contribution in [2.45, 2.75) is 25.7 Å². The normalized spacial score (nSPS) is 11.2. The molecule has 0 aromatic carbocycles. The summed E-state index contributed by atoms with van der Waals surface area (Å²) in [6.45, 7) is 3.86. The number of nitrogens with one attached hydrogen (secondary N) is 2. The highest BCUT2D eigenvalue weighted by Gasteiger charge is 2.13. The molecule has 2 aromatic heterocycles. The van der Waals surface area contributed by atoms with Gasteiger partial charge in [0, 0.05) is 45.8 Å². The van der Waals surface area contributed by atoms with Gasteiger partial charge in [0.2, 0.25) is 0 Å². The Morgan fingerprint density at radius 1 is 1.00 bits per heavy atom. The number of alkyl carbamates (subject to hydrolysis) is 1. The van der Waals surface area contributed by atoms with E-state index in [1.165, 1.54) is 24.5 Å². The molecule has 11 nitrogen and oxygen atoms in total. The van der Waals surface area contributed by atoms with E-state index in [0.29, 0.717) is 63.5 Å². The molecule has 13 heteroatoms. The topological polar surface area (TPSA) is 135 Å². The van der Waals surface area contributed by atoms with Gasteiger partial charge in [0.25, 0.3) is 5.91 Å². The number of methoxy groups -OCH3 is 1. The van der Waals surface area contributed by atoms with Crippen molar-refractivity contribution in [3.63, 3.8) is 0 Å². The van der Waals surface area contributed by atoms with Crippen molar-refractivity contribution in [2.75, 3.05) is 84.2 Å². The van der Waals surface area contributed by atoms with Gasteiger partial charge in [0.05, 0.1) is 42.9 Å². The molecule has 42 heavy (non-hydrogen) atoms. The summed E-state index contributed by atoms with van der Waals surface area (Å²) in [6, 6.07) is 9.26. The van der Waals surface area contributed by atoms with Crippen LogP contribution in [-0.4, -0.2) is 91.3 Å². The lowest BCUT2D eigenvalue weighted by molar-refractivity contribution is -0.117. The van der Waals surface area contributed by atoms with Crippen molar-refractivity contribution in [3.8, 4) is 16.7 Å². The van der Waals surface area contributed by atoms with E-state index in [4.69, 9.17) is 35.0 Å². The maximum Gasteiger partial charge on any atom is 0.407 e. The fourth-order valence-corrected chi connectivity index (χ4v) is 4.66. The highest BCUT2D eigenvalue weighted by Crippen LogP contribution is 2.34. The van der Waals surface area contributed by atoms with Crippen LogP contribution in [0.15, 0.2) is 34.3 Å². The number of likely N-dealkylation sites (N-methyl/N-ethyl adjacent to an activating group) is 1. The van der Waals surface area contributed by atoms with Crippen LogP contribution in [0.4, 0.5) is 9.80 Å². The van der Waals surface area contributed by atoms with Gasteiger partial charge in [-0.2, -0.15) is 5.26 Å². The van der Waals surface area contributed by atoms with Crippen LogP contribution >= 0.6 is 22.9 Å². The second-order valence-corrected chi connectivity index (χ2v) is 10.5. The molecule has 0 fully saturated rings. The smallest absolute Gasteiger partial charge is 0.407 e. The van der Waals surface area contributed by atoms with E-state index in [-0.39, 0.29) is 12.2 Å². The number of halogens is 1. The highest BCUT2D eigenvalue weighted by atomic mass is 35.5. The second kappa shape index (κ2) is 21.6. The van der Waals surface area contributed by atoms with Crippen LogP contribution in [0, 0.1) is 11.3 Å². The third kappa shape index (κ3) is 14.2. The minimum absolute atomic E-state index is 0.0551. The molecule has 2 N–H and O–H groups in total. The van der Waals surface area contributed by atoms with Crippen LogP contribution in [0.5, 0.6) is 0 Å². The van der Waals surface area contributed by atoms with Crippen molar-refractivity contribution < 1.29 is 33.0 Å². The van der Waals surface area contributed by atoms with Gasteiger partial charge in [-0.25, -0.2) is 4.79 Å². The van der Waals surface area contributed by atoms with Gasteiger partial charge in [-0.05, 0) is 37.1 Å². The molecule has 2 rings (SSSR count). The van der Waals surface area contributed by atoms with E-state index < -0.39 is 12.0 Å². The molecule has 232 valence electrons. The summed E-state index contributed by atoms with van der Waals surface area (Å²) in [5, 5.41) is 15.6. The molecule has 0 aliphatic heterocycles. The van der Waals surface area contributed by atoms with E-state index in [1.54, 1.807) is 12.1 Å². The Labute approximate surface area is 256 Å². The SMILES string of the molecule is COCCNC(=O)/C(C#N)=C/c1ccc(-c2ccc(N(C)CCOC(=O)NCCOCCOCCCCCCCl)s2)o1. The van der Waals surface area contributed by atoms with E-state index in [2.05, 4.69) is 10.6 Å². The summed E-state index contributed by atoms with van der Waals surface area (Å²) >= 11 is 7.16. The Hall–Kier alpha value is -3.08. The number of anilines is 1. The molecule has 2 amide bonds. The van der Waals surface area contributed by atoms with Crippen molar-refractivity contribution in [1.29, 1.82) is 5.26 Å². The first-order valence-corrected chi connectivity index (χ1v) is 15.3. The third-order valence-electron chi connectivity index (χ3n) is 5.80. The molecule has 0 spiro atoms. The number of nitriles is 1. The Bertz CT molecular complexity index is 1130. The molecule has 0 saturated heterocycles. The van der Waals surface area contributed by atoms with Gasteiger partial charge in [0.15, 0.2) is 0 Å². The van der Waals surface area contributed by atoms with Gasteiger partial charge in [-0.1, -0.05) is 12.8 Å². The van der Waals surface area contributed by atoms with Crippen molar-refractivity contribution >= 4 is 46.0 Å². The quantitative estimate of drug-likeness (QED) is 0.0829. The maximum atomic E-state index is 12.1. The number of thiophene rings is 1. The van der Waals surface area contributed by atoms with Crippen LogP contribution in [0.3, 0.4) is 0 Å². The molecule has 2 aromatic rings. The Morgan fingerprint density at radius 3 is 2.52 bits per heavy atom. The largest absolute Gasteiger partial charge is 0.456 e. The lowest BCUT2D eigenvalue weighted by Crippen LogP contribution is -2.31. The highest BCUT2D eigenvalue weighted by molar-refractivity contribution is 7.19. The zero-order valence-electron chi connectivity index (χ0n) is 24.3. The fourth-order valence-electron chi connectivity index (χ4n) is 3.52. The van der Waals surface area contributed by atoms with E-state index >= 15 is 0 Å². The monoisotopic (exact) mass is 624 g/mol.